The van der Waals surface area contributed by atoms with Crippen LogP contribution in [0.3, 0.4) is 0 Å². The summed E-state index contributed by atoms with van der Waals surface area (Å²) in [5, 5.41) is 0. The van der Waals surface area contributed by atoms with Crippen LogP contribution in [-0.2, 0) is 4.74 Å². The molecule has 2 aromatic carbocycles. The van der Waals surface area contributed by atoms with Gasteiger partial charge in [-0.2, -0.15) is 17.6 Å². The maximum Gasteiger partial charge on any atom is 0.310 e. The van der Waals surface area contributed by atoms with Crippen LogP contribution in [-0.4, -0.2) is 36.4 Å². The molecule has 0 bridgehead atoms. The van der Waals surface area contributed by atoms with Crippen LogP contribution in [0.15, 0.2) is 94.2 Å². The van der Waals surface area contributed by atoms with Gasteiger partial charge in [0.2, 0.25) is 0 Å². The number of allylic oxidation sites excluding steroid dienone is 2. The van der Waals surface area contributed by atoms with Crippen LogP contribution in [0.2, 0.25) is 0 Å². The van der Waals surface area contributed by atoms with Crippen molar-refractivity contribution in [2.45, 2.75) is 54.5 Å². The number of benzene rings is 2. The molecular weight excluding hydrogens is 499 g/mol. The van der Waals surface area contributed by atoms with Crippen molar-refractivity contribution in [1.29, 1.82) is 0 Å². The molecule has 2 fully saturated rings. The number of dihydropyridines is 1. The van der Waals surface area contributed by atoms with Crippen LogP contribution < -0.4 is 0 Å². The molecule has 0 aromatic heterocycles. The maximum absolute atomic E-state index is 15.8. The molecule has 2 saturated carbocycles. The molecular formula is C30H25F5N2O. The average Bonchev–Trinajstić information content (AvgIpc) is 3.23. The Hall–Kier alpha value is -3.55. The van der Waals surface area contributed by atoms with Gasteiger partial charge in [0.15, 0.2) is 0 Å². The third kappa shape index (κ3) is 3.76. The standard InChI is InChI=1S/C30H25F5N2O/c1-17-24(38-2)16-28(37-26(17)22-11-12-36-27(22)18-7-4-3-5-8-18)15-23(28)21-10-6-9-20(25(21)31)19-13-29(32,33)30(34,35)14-19/h3-12,16,19,23,27H,1,13-15H2,2H3. The van der Waals surface area contributed by atoms with Crippen LogP contribution in [0.1, 0.15) is 53.8 Å². The minimum Gasteiger partial charge on any atom is -0.496 e. The molecule has 8 heteroatoms. The summed E-state index contributed by atoms with van der Waals surface area (Å²) in [7, 11) is 1.53. The SMILES string of the molecule is C=C1C(OC)=CC2(CC2c2cccc(C3CC(F)(F)C(F)(F)C3)c2F)N=C1C1=CC=NC1c1ccccc1. The van der Waals surface area contributed by atoms with E-state index in [0.717, 1.165) is 11.1 Å². The molecule has 2 aromatic rings. The lowest BCUT2D eigenvalue weighted by molar-refractivity contribution is -0.185. The predicted octanol–water partition coefficient (Wildman–Crippen LogP) is 7.49. The summed E-state index contributed by atoms with van der Waals surface area (Å²) < 4.78 is 76.9. The third-order valence-electron chi connectivity index (χ3n) is 8.07. The molecule has 0 saturated heterocycles. The van der Waals surface area contributed by atoms with Crippen molar-refractivity contribution in [3.63, 3.8) is 0 Å². The fourth-order valence-electron chi connectivity index (χ4n) is 5.94. The van der Waals surface area contributed by atoms with Crippen LogP contribution in [0.5, 0.6) is 0 Å². The van der Waals surface area contributed by atoms with Crippen molar-refractivity contribution in [3.8, 4) is 0 Å². The van der Waals surface area contributed by atoms with Gasteiger partial charge in [0, 0.05) is 36.1 Å². The average molecular weight is 525 g/mol. The monoisotopic (exact) mass is 524 g/mol. The van der Waals surface area contributed by atoms with Crippen LogP contribution >= 0.6 is 0 Å². The van der Waals surface area contributed by atoms with Gasteiger partial charge in [-0.3, -0.25) is 9.98 Å². The minimum atomic E-state index is -4.16. The molecule has 4 aliphatic rings. The summed E-state index contributed by atoms with van der Waals surface area (Å²) in [5.41, 5.74) is 2.39. The summed E-state index contributed by atoms with van der Waals surface area (Å²) in [6.07, 6.45) is 3.72. The highest BCUT2D eigenvalue weighted by atomic mass is 19.3. The number of methoxy groups -OCH3 is 1. The number of rotatable bonds is 5. The predicted molar refractivity (Wildman–Crippen MR) is 136 cm³/mol. The summed E-state index contributed by atoms with van der Waals surface area (Å²) in [6, 6.07) is 13.9. The van der Waals surface area contributed by atoms with Gasteiger partial charge in [-0.15, -0.1) is 0 Å². The lowest BCUT2D eigenvalue weighted by atomic mass is 9.89. The number of alkyl halides is 4. The number of hydrogen-bond donors (Lipinski definition) is 0. The Balaban J connectivity index is 1.35. The van der Waals surface area contributed by atoms with E-state index in [0.29, 0.717) is 23.5 Å². The number of halogens is 5. The zero-order valence-electron chi connectivity index (χ0n) is 20.6. The normalized spacial score (nSPS) is 29.3. The van der Waals surface area contributed by atoms with Crippen molar-refractivity contribution in [2.75, 3.05) is 7.11 Å². The number of aliphatic imine (C=N–C) groups is 2. The lowest BCUT2D eigenvalue weighted by Gasteiger charge is -2.25. The number of hydrogen-bond acceptors (Lipinski definition) is 3. The van der Waals surface area contributed by atoms with Gasteiger partial charge in [-0.05, 0) is 41.2 Å². The van der Waals surface area contributed by atoms with Gasteiger partial charge in [0.1, 0.15) is 17.6 Å². The van der Waals surface area contributed by atoms with Crippen molar-refractivity contribution in [1.82, 2.24) is 0 Å². The highest BCUT2D eigenvalue weighted by Gasteiger charge is 2.64. The lowest BCUT2D eigenvalue weighted by Crippen LogP contribution is -2.33. The Morgan fingerprint density at radius 1 is 0.921 bits per heavy atom. The Kier molecular flexibility index (Phi) is 5.53. The van der Waals surface area contributed by atoms with Crippen molar-refractivity contribution >= 4 is 11.9 Å². The summed E-state index contributed by atoms with van der Waals surface area (Å²) >= 11 is 0. The fraction of sp³-hybridized carbons (Fsp3) is 0.333. The van der Waals surface area contributed by atoms with E-state index in [-0.39, 0.29) is 17.2 Å². The molecule has 3 unspecified atom stereocenters. The molecule has 2 heterocycles. The quantitative estimate of drug-likeness (QED) is 0.373. The number of nitrogens with zero attached hydrogens (tertiary/aromatic N) is 2. The third-order valence-corrected chi connectivity index (χ3v) is 8.07. The molecule has 3 atom stereocenters. The first-order valence-electron chi connectivity index (χ1n) is 12.5. The largest absolute Gasteiger partial charge is 0.496 e. The van der Waals surface area contributed by atoms with E-state index in [1.54, 1.807) is 18.3 Å². The van der Waals surface area contributed by atoms with Gasteiger partial charge in [0.25, 0.3) is 0 Å². The van der Waals surface area contributed by atoms with E-state index >= 15 is 4.39 Å². The van der Waals surface area contributed by atoms with Crippen LogP contribution in [0.25, 0.3) is 0 Å². The van der Waals surface area contributed by atoms with Crippen molar-refractivity contribution < 1.29 is 26.7 Å². The molecule has 2 aliphatic carbocycles. The van der Waals surface area contributed by atoms with Gasteiger partial charge < -0.3 is 4.74 Å². The zero-order valence-corrected chi connectivity index (χ0v) is 20.6. The van der Waals surface area contributed by atoms with Gasteiger partial charge in [-0.1, -0.05) is 55.1 Å². The Labute approximate surface area is 217 Å². The Morgan fingerprint density at radius 3 is 2.29 bits per heavy atom. The zero-order chi connectivity index (χ0) is 26.9. The summed E-state index contributed by atoms with van der Waals surface area (Å²) in [6.45, 7) is 4.19. The molecule has 0 N–H and O–H groups in total. The molecule has 2 aliphatic heterocycles. The molecule has 196 valence electrons. The Morgan fingerprint density at radius 2 is 1.61 bits per heavy atom. The highest BCUT2D eigenvalue weighted by molar-refractivity contribution is 6.18. The summed E-state index contributed by atoms with van der Waals surface area (Å²) in [5.74, 6) is -10.2. The van der Waals surface area contributed by atoms with E-state index in [4.69, 9.17) is 9.73 Å². The molecule has 38 heavy (non-hydrogen) atoms. The van der Waals surface area contributed by atoms with Gasteiger partial charge in [0.05, 0.1) is 18.4 Å². The smallest absolute Gasteiger partial charge is 0.310 e. The molecule has 1 spiro atoms. The first-order chi connectivity index (χ1) is 18.1. The topological polar surface area (TPSA) is 34.0 Å². The number of ether oxygens (including phenoxy) is 1. The minimum absolute atomic E-state index is 0.0993. The second kappa shape index (κ2) is 8.48. The van der Waals surface area contributed by atoms with Gasteiger partial charge >= 0.3 is 11.8 Å². The molecule has 3 nitrogen and oxygen atoms in total. The van der Waals surface area contributed by atoms with Crippen molar-refractivity contribution in [2.24, 2.45) is 9.98 Å². The highest BCUT2D eigenvalue weighted by Crippen LogP contribution is 2.60. The first kappa shape index (κ1) is 24.8. The summed E-state index contributed by atoms with van der Waals surface area (Å²) in [4.78, 5) is 9.64. The van der Waals surface area contributed by atoms with E-state index < -0.39 is 47.9 Å². The van der Waals surface area contributed by atoms with Crippen LogP contribution in [0.4, 0.5) is 22.0 Å². The molecule has 6 rings (SSSR count). The molecule has 0 amide bonds. The second-order valence-electron chi connectivity index (χ2n) is 10.4. The van der Waals surface area contributed by atoms with Gasteiger partial charge in [-0.25, -0.2) is 4.39 Å². The van der Waals surface area contributed by atoms with E-state index in [9.17, 15) is 17.6 Å². The van der Waals surface area contributed by atoms with Crippen molar-refractivity contribution in [3.05, 3.63) is 107 Å². The van der Waals surface area contributed by atoms with E-state index in [1.165, 1.54) is 13.2 Å². The maximum atomic E-state index is 15.8. The molecule has 0 radical (unpaired) electrons. The first-order valence-corrected chi connectivity index (χ1v) is 12.5. The fourth-order valence-corrected chi connectivity index (χ4v) is 5.94. The second-order valence-corrected chi connectivity index (χ2v) is 10.4. The van der Waals surface area contributed by atoms with E-state index in [2.05, 4.69) is 11.6 Å². The van der Waals surface area contributed by atoms with Crippen LogP contribution in [0, 0.1) is 5.82 Å². The van der Waals surface area contributed by atoms with E-state index in [1.807, 2.05) is 42.5 Å². The Bertz CT molecular complexity index is 1430.